The predicted molar refractivity (Wildman–Crippen MR) is 111 cm³/mol. The minimum atomic E-state index is -1.00. The monoisotopic (exact) mass is 401 g/mol. The average Bonchev–Trinajstić information content (AvgIpc) is 2.72. The summed E-state index contributed by atoms with van der Waals surface area (Å²) in [6.07, 6.45) is 1.39. The van der Waals surface area contributed by atoms with E-state index in [9.17, 15) is 9.59 Å². The van der Waals surface area contributed by atoms with Crippen molar-refractivity contribution in [2.75, 3.05) is 13.1 Å². The van der Waals surface area contributed by atoms with E-state index in [0.717, 1.165) is 36.8 Å². The van der Waals surface area contributed by atoms with Gasteiger partial charge in [-0.3, -0.25) is 0 Å². The van der Waals surface area contributed by atoms with Crippen LogP contribution in [-0.2, 0) is 0 Å². The lowest BCUT2D eigenvalue weighted by atomic mass is 10.0. The van der Waals surface area contributed by atoms with E-state index in [2.05, 4.69) is 15.8 Å². The van der Waals surface area contributed by atoms with Gasteiger partial charge in [0, 0.05) is 24.2 Å². The molecule has 0 aromatic heterocycles. The molecule has 0 unspecified atom stereocenters. The van der Waals surface area contributed by atoms with Crippen LogP contribution in [0.2, 0.25) is 0 Å². The minimum Gasteiger partial charge on any atom is -0.465 e. The van der Waals surface area contributed by atoms with Crippen molar-refractivity contribution in [2.45, 2.75) is 25.7 Å². The molecule has 0 aliphatic rings. The Kier molecular flexibility index (Phi) is 11.7. The minimum absolute atomic E-state index is 0.460. The van der Waals surface area contributed by atoms with E-state index in [1.165, 1.54) is 0 Å². The SMILES string of the molecule is O=C(O)NCCCCCCNC(=O)O.ON=C(c1ccccc1)c1ccccc1. The van der Waals surface area contributed by atoms with Crippen LogP contribution in [0.15, 0.2) is 65.8 Å². The molecule has 0 aliphatic carbocycles. The summed E-state index contributed by atoms with van der Waals surface area (Å²) in [5, 5.41) is 33.3. The number of nitrogens with zero attached hydrogens (tertiary/aromatic N) is 1. The summed E-state index contributed by atoms with van der Waals surface area (Å²) in [5.74, 6) is 0. The van der Waals surface area contributed by atoms with Crippen LogP contribution in [0.1, 0.15) is 36.8 Å². The number of oxime groups is 1. The van der Waals surface area contributed by atoms with Crippen molar-refractivity contribution >= 4 is 17.9 Å². The first-order chi connectivity index (χ1) is 14.0. The van der Waals surface area contributed by atoms with Crippen LogP contribution in [0.25, 0.3) is 0 Å². The maximum Gasteiger partial charge on any atom is 0.404 e. The molecule has 0 fully saturated rings. The number of hydrogen-bond acceptors (Lipinski definition) is 4. The molecule has 8 nitrogen and oxygen atoms in total. The van der Waals surface area contributed by atoms with Crippen LogP contribution >= 0.6 is 0 Å². The van der Waals surface area contributed by atoms with Gasteiger partial charge in [0.25, 0.3) is 0 Å². The van der Waals surface area contributed by atoms with E-state index >= 15 is 0 Å². The van der Waals surface area contributed by atoms with Crippen molar-refractivity contribution in [3.63, 3.8) is 0 Å². The molecule has 2 rings (SSSR count). The van der Waals surface area contributed by atoms with Crippen LogP contribution in [0.3, 0.4) is 0 Å². The number of hydrogen-bond donors (Lipinski definition) is 5. The highest BCUT2D eigenvalue weighted by Gasteiger charge is 2.05. The van der Waals surface area contributed by atoms with Crippen molar-refractivity contribution in [1.82, 2.24) is 10.6 Å². The molecule has 0 heterocycles. The van der Waals surface area contributed by atoms with Gasteiger partial charge in [0.2, 0.25) is 0 Å². The maximum atomic E-state index is 10.0. The molecular formula is C21H27N3O5. The fourth-order valence-electron chi connectivity index (χ4n) is 2.47. The van der Waals surface area contributed by atoms with Gasteiger partial charge in [0.15, 0.2) is 0 Å². The van der Waals surface area contributed by atoms with E-state index in [1.54, 1.807) is 0 Å². The third-order valence-electron chi connectivity index (χ3n) is 3.85. The number of amides is 2. The van der Waals surface area contributed by atoms with E-state index < -0.39 is 12.2 Å². The molecular weight excluding hydrogens is 374 g/mol. The first-order valence-electron chi connectivity index (χ1n) is 9.31. The Hall–Kier alpha value is -3.55. The second kappa shape index (κ2) is 14.5. The lowest BCUT2D eigenvalue weighted by Gasteiger charge is -2.03. The fraction of sp³-hybridized carbons (Fsp3) is 0.286. The van der Waals surface area contributed by atoms with Crippen molar-refractivity contribution in [2.24, 2.45) is 5.16 Å². The molecule has 156 valence electrons. The molecule has 8 heteroatoms. The Morgan fingerprint density at radius 3 is 1.38 bits per heavy atom. The van der Waals surface area contributed by atoms with Crippen molar-refractivity contribution in [1.29, 1.82) is 0 Å². The van der Waals surface area contributed by atoms with Crippen LogP contribution in [0.4, 0.5) is 9.59 Å². The zero-order valence-corrected chi connectivity index (χ0v) is 16.1. The quantitative estimate of drug-likeness (QED) is 0.188. The molecule has 0 spiro atoms. The van der Waals surface area contributed by atoms with Gasteiger partial charge in [-0.05, 0) is 12.8 Å². The highest BCUT2D eigenvalue weighted by molar-refractivity contribution is 6.12. The number of carboxylic acid groups (broad SMARTS) is 2. The van der Waals surface area contributed by atoms with Crippen LogP contribution < -0.4 is 10.6 Å². The second-order valence-electron chi connectivity index (χ2n) is 6.06. The van der Waals surface area contributed by atoms with Crippen molar-refractivity contribution < 1.29 is 25.0 Å². The lowest BCUT2D eigenvalue weighted by molar-refractivity contribution is 0.192. The summed E-state index contributed by atoms with van der Waals surface area (Å²) in [7, 11) is 0. The van der Waals surface area contributed by atoms with E-state index in [-0.39, 0.29) is 0 Å². The van der Waals surface area contributed by atoms with Crippen LogP contribution in [0, 0.1) is 0 Å². The molecule has 0 saturated heterocycles. The molecule has 2 amide bonds. The summed E-state index contributed by atoms with van der Waals surface area (Å²) >= 11 is 0. The Morgan fingerprint density at radius 1 is 0.690 bits per heavy atom. The molecule has 29 heavy (non-hydrogen) atoms. The smallest absolute Gasteiger partial charge is 0.404 e. The summed E-state index contributed by atoms with van der Waals surface area (Å²) in [6, 6.07) is 19.2. The highest BCUT2D eigenvalue weighted by atomic mass is 16.4. The van der Waals surface area contributed by atoms with Crippen molar-refractivity contribution in [3.8, 4) is 0 Å². The van der Waals surface area contributed by atoms with Gasteiger partial charge in [-0.1, -0.05) is 78.7 Å². The Balaban J connectivity index is 0.000000291. The van der Waals surface area contributed by atoms with E-state index in [1.807, 2.05) is 60.7 Å². The molecule has 5 N–H and O–H groups in total. The third kappa shape index (κ3) is 11.0. The lowest BCUT2D eigenvalue weighted by Crippen LogP contribution is -2.22. The average molecular weight is 401 g/mol. The maximum absolute atomic E-state index is 10.0. The highest BCUT2D eigenvalue weighted by Crippen LogP contribution is 2.09. The molecule has 2 aromatic rings. The number of rotatable bonds is 9. The number of unbranched alkanes of at least 4 members (excludes halogenated alkanes) is 3. The van der Waals surface area contributed by atoms with Crippen LogP contribution in [-0.4, -0.2) is 46.4 Å². The van der Waals surface area contributed by atoms with Gasteiger partial charge in [-0.15, -0.1) is 0 Å². The second-order valence-corrected chi connectivity index (χ2v) is 6.06. The van der Waals surface area contributed by atoms with Crippen molar-refractivity contribution in [3.05, 3.63) is 71.8 Å². The number of nitrogens with one attached hydrogen (secondary N) is 2. The van der Waals surface area contributed by atoms with Gasteiger partial charge in [0.1, 0.15) is 5.71 Å². The Labute approximate surface area is 169 Å². The molecule has 0 bridgehead atoms. The molecule has 0 aliphatic heterocycles. The third-order valence-corrected chi connectivity index (χ3v) is 3.85. The standard InChI is InChI=1S/C13H11NO.C8H16N2O4/c15-14-13(11-7-3-1-4-8-11)12-9-5-2-6-10-12;11-7(12)9-5-3-1-2-4-6-10-8(13)14/h1-10,15H;9-10H,1-6H2,(H,11,12)(H,13,14). The summed E-state index contributed by atoms with van der Waals surface area (Å²) < 4.78 is 0. The normalized spacial score (nSPS) is 9.52. The van der Waals surface area contributed by atoms with Crippen LogP contribution in [0.5, 0.6) is 0 Å². The zero-order valence-electron chi connectivity index (χ0n) is 16.1. The summed E-state index contributed by atoms with van der Waals surface area (Å²) in [4.78, 5) is 20.0. The molecule has 0 radical (unpaired) electrons. The largest absolute Gasteiger partial charge is 0.465 e. The fourth-order valence-corrected chi connectivity index (χ4v) is 2.47. The van der Waals surface area contributed by atoms with E-state index in [4.69, 9.17) is 15.4 Å². The summed E-state index contributed by atoms with van der Waals surface area (Å²) in [5.41, 5.74) is 2.41. The van der Waals surface area contributed by atoms with Gasteiger partial charge >= 0.3 is 12.2 Å². The van der Waals surface area contributed by atoms with Gasteiger partial charge in [-0.2, -0.15) is 0 Å². The van der Waals surface area contributed by atoms with Gasteiger partial charge < -0.3 is 26.1 Å². The molecule has 2 aromatic carbocycles. The molecule has 0 saturated carbocycles. The first kappa shape index (κ1) is 23.5. The topological polar surface area (TPSA) is 131 Å². The number of benzene rings is 2. The number of carbonyl (C=O) groups is 2. The Morgan fingerprint density at radius 2 is 1.07 bits per heavy atom. The molecule has 0 atom stereocenters. The van der Waals surface area contributed by atoms with Gasteiger partial charge in [-0.25, -0.2) is 9.59 Å². The first-order valence-corrected chi connectivity index (χ1v) is 9.31. The van der Waals surface area contributed by atoms with E-state index in [0.29, 0.717) is 18.8 Å². The summed E-state index contributed by atoms with van der Waals surface area (Å²) in [6.45, 7) is 0.920. The van der Waals surface area contributed by atoms with Gasteiger partial charge in [0.05, 0.1) is 0 Å². The zero-order chi connectivity index (χ0) is 21.3. The Bertz CT molecular complexity index is 690. The predicted octanol–water partition coefficient (Wildman–Crippen LogP) is 4.00.